The average molecular weight is 941 g/mol. The first kappa shape index (κ1) is 118. The maximum absolute atomic E-state index is 3.92. The van der Waals surface area contributed by atoms with Crippen molar-refractivity contribution in [2.45, 2.75) is 214 Å². The van der Waals surface area contributed by atoms with Crippen LogP contribution in [-0.2, 0) is 0 Å². The summed E-state index contributed by atoms with van der Waals surface area (Å²) in [6.45, 7) is 35.3. The summed E-state index contributed by atoms with van der Waals surface area (Å²) in [6, 6.07) is 1.86. The Morgan fingerprint density at radius 1 is 0.273 bits per heavy atom. The van der Waals surface area contributed by atoms with Crippen LogP contribution >= 0.6 is 0 Å². The molecule has 15 heteroatoms. The molecule has 0 aliphatic heterocycles. The fourth-order valence-electron chi connectivity index (χ4n) is 2.01. The Morgan fingerprint density at radius 2 is 0.682 bits per heavy atom. The summed E-state index contributed by atoms with van der Waals surface area (Å²) in [5.41, 5.74) is 4.82. The van der Waals surface area contributed by atoms with Crippen LogP contribution in [-0.4, -0.2) is 75.2 Å². The zero-order valence-electron chi connectivity index (χ0n) is 36.4. The van der Waals surface area contributed by atoms with E-state index in [9.17, 15) is 0 Å². The van der Waals surface area contributed by atoms with Gasteiger partial charge in [0.1, 0.15) is 43.8 Å². The number of rotatable bonds is 0. The molecule has 0 spiro atoms. The Labute approximate surface area is 415 Å². The monoisotopic (exact) mass is 940 g/mol. The molecule has 6 aromatic heterocycles. The lowest BCUT2D eigenvalue weighted by Gasteiger charge is -1.81. The predicted octanol–water partition coefficient (Wildman–Crippen LogP) is 16.7. The zero-order valence-corrected chi connectivity index (χ0v) is 36.4. The maximum Gasteiger partial charge on any atom is 0.138 e. The summed E-state index contributed by atoms with van der Waals surface area (Å²) < 4.78 is 0. The molecule has 0 saturated carbocycles. The molecule has 0 aliphatic carbocycles. The van der Waals surface area contributed by atoms with Gasteiger partial charge in [-0.25, -0.2) is 44.9 Å². The Morgan fingerprint density at radius 3 is 0.864 bits per heavy atom. The van der Waals surface area contributed by atoms with Crippen molar-refractivity contribution in [2.24, 2.45) is 0 Å². The van der Waals surface area contributed by atoms with Crippen LogP contribution in [0.15, 0.2) is 93.6 Å². The van der Waals surface area contributed by atoms with Crippen molar-refractivity contribution < 1.29 is 0 Å². The van der Waals surface area contributed by atoms with Crippen LogP contribution in [0.5, 0.6) is 0 Å². The van der Waals surface area contributed by atoms with Crippen molar-refractivity contribution in [2.75, 3.05) is 0 Å². The fraction of sp³-hybridized carbons (Fsp3) is 0.588. The van der Waals surface area contributed by atoms with Gasteiger partial charge in [-0.2, -0.15) is 10.2 Å². The van der Waals surface area contributed by atoms with E-state index in [0.717, 1.165) is 34.2 Å². The number of aromatic nitrogens is 15. The van der Waals surface area contributed by atoms with Crippen LogP contribution in [0.2, 0.25) is 0 Å². The second-order valence-corrected chi connectivity index (χ2v) is 7.80. The molecule has 0 aromatic carbocycles. The Balaban J connectivity index is -0.0000000242. The van der Waals surface area contributed by atoms with Gasteiger partial charge >= 0.3 is 0 Å². The highest BCUT2D eigenvalue weighted by Crippen LogP contribution is 1.84. The van der Waals surface area contributed by atoms with Crippen LogP contribution in [0.4, 0.5) is 0 Å². The first-order valence-corrected chi connectivity index (χ1v) is 18.3. The number of nitrogens with zero attached hydrogens (tertiary/aromatic N) is 15. The third kappa shape index (κ3) is 107. The van der Waals surface area contributed by atoms with Gasteiger partial charge in [-0.1, -0.05) is 172 Å². The summed E-state index contributed by atoms with van der Waals surface area (Å²) >= 11 is 0. The number of hydrogen-bond acceptors (Lipinski definition) is 15. The molecule has 6 aromatic rings. The van der Waals surface area contributed by atoms with E-state index in [1.807, 2.05) is 131 Å². The zero-order chi connectivity index (χ0) is 42.7. The van der Waals surface area contributed by atoms with Crippen molar-refractivity contribution >= 4 is 0 Å². The number of hydrogen-bond donors (Lipinski definition) is 0. The van der Waals surface area contributed by atoms with Gasteiger partial charge in [-0.3, -0.25) is 9.97 Å². The van der Waals surface area contributed by atoms with Crippen LogP contribution < -0.4 is 0 Å². The minimum atomic E-state index is 0. The Kier molecular flexibility index (Phi) is 202. The van der Waals surface area contributed by atoms with Crippen LogP contribution in [0.3, 0.4) is 0 Å². The van der Waals surface area contributed by atoms with Gasteiger partial charge in [0.15, 0.2) is 0 Å². The van der Waals surface area contributed by atoms with Crippen LogP contribution in [0.1, 0.15) is 206 Å². The molecule has 0 atom stereocenters. The second kappa shape index (κ2) is 113. The highest BCUT2D eigenvalue weighted by molar-refractivity contribution is 4.97. The van der Waals surface area contributed by atoms with Crippen molar-refractivity contribution in [3.8, 4) is 0 Å². The van der Waals surface area contributed by atoms with Crippen molar-refractivity contribution in [3.05, 3.63) is 128 Å². The van der Waals surface area contributed by atoms with Crippen molar-refractivity contribution in [1.29, 1.82) is 0 Å². The average Bonchev–Trinajstić information content (AvgIpc) is 3.25. The van der Waals surface area contributed by atoms with Crippen LogP contribution in [0.25, 0.3) is 0 Å². The van der Waals surface area contributed by atoms with E-state index in [0.29, 0.717) is 0 Å². The first-order valence-electron chi connectivity index (χ1n) is 18.3. The molecule has 6 heterocycles. The predicted molar refractivity (Wildman–Crippen MR) is 303 cm³/mol. The molecule has 0 bridgehead atoms. The van der Waals surface area contributed by atoms with Gasteiger partial charge in [0.25, 0.3) is 0 Å². The largest absolute Gasteiger partial charge is 0.261 e. The highest BCUT2D eigenvalue weighted by atomic mass is 15.1. The standard InChI is InChI=1S/3C5H6N2.3C4H5N3.6C2H6.12CH4/c1-5-2-6-4-7-3-5;1-5-4-6-2-3-7-5;1-5-2-3-6-4-7-5;1-4-6-2-5-3-7-4;1-4-2-6-7-3-5-4;1-4-2-5-3-6-7-4;6*1-2;;;;;;;;;;;;/h3*2-4H,1H3;3*2-3H,1H3;6*1-2H3;12*1H4. The van der Waals surface area contributed by atoms with Gasteiger partial charge < -0.3 is 0 Å². The van der Waals surface area contributed by atoms with Gasteiger partial charge in [-0.15, -0.1) is 10.2 Å². The molecule has 0 radical (unpaired) electrons. The SMILES string of the molecule is C.C.C.C.C.C.C.C.C.C.C.C.CC.CC.CC.CC.CC.CC.Cc1ccncn1.Cc1cnccn1.Cc1cncnc1.Cc1cncnn1.Cc1cnncn1.Cc1ncncn1. The third-order valence-electron chi connectivity index (χ3n) is 3.95. The summed E-state index contributed by atoms with van der Waals surface area (Å²) in [5.74, 6) is 0.759. The lowest BCUT2D eigenvalue weighted by molar-refractivity contribution is 0.925. The van der Waals surface area contributed by atoms with E-state index in [1.165, 1.54) is 38.0 Å². The van der Waals surface area contributed by atoms with Crippen molar-refractivity contribution in [3.63, 3.8) is 0 Å². The quantitative estimate of drug-likeness (QED) is 0.139. The summed E-state index contributed by atoms with van der Waals surface area (Å²) in [5, 5.41) is 14.2. The molecule has 66 heavy (non-hydrogen) atoms. The van der Waals surface area contributed by atoms with E-state index in [4.69, 9.17) is 0 Å². The van der Waals surface area contributed by atoms with E-state index in [-0.39, 0.29) is 89.1 Å². The molecule has 0 N–H and O–H groups in total. The normalized spacial score (nSPS) is 6.09. The molecule has 6 rings (SSSR count). The number of aryl methyl sites for hydroxylation is 6. The van der Waals surface area contributed by atoms with Crippen molar-refractivity contribution in [1.82, 2.24) is 75.2 Å². The summed E-state index contributed by atoms with van der Waals surface area (Å²) in [4.78, 5) is 41.5. The second-order valence-electron chi connectivity index (χ2n) is 7.80. The van der Waals surface area contributed by atoms with Gasteiger partial charge in [0.05, 0.1) is 29.5 Å². The summed E-state index contributed by atoms with van der Waals surface area (Å²) in [6.07, 6.45) is 22.4. The minimum absolute atomic E-state index is 0. The molecule has 0 amide bonds. The van der Waals surface area contributed by atoms with Gasteiger partial charge in [0, 0.05) is 42.9 Å². The Bertz CT molecular complexity index is 1120. The van der Waals surface area contributed by atoms with E-state index in [2.05, 4.69) is 75.2 Å². The molecule has 15 nitrogen and oxygen atoms in total. The molecule has 0 unspecified atom stereocenters. The first-order chi connectivity index (χ1) is 26.4. The van der Waals surface area contributed by atoms with E-state index >= 15 is 0 Å². The molecular formula is C51H117N15. The smallest absolute Gasteiger partial charge is 0.138 e. The summed E-state index contributed by atoms with van der Waals surface area (Å²) in [7, 11) is 0. The van der Waals surface area contributed by atoms with Crippen LogP contribution in [0, 0.1) is 41.5 Å². The fourth-order valence-corrected chi connectivity index (χ4v) is 2.01. The highest BCUT2D eigenvalue weighted by Gasteiger charge is 1.78. The van der Waals surface area contributed by atoms with Gasteiger partial charge in [0.2, 0.25) is 0 Å². The molecule has 0 aliphatic rings. The van der Waals surface area contributed by atoms with E-state index < -0.39 is 0 Å². The van der Waals surface area contributed by atoms with Gasteiger partial charge in [-0.05, 0) is 53.2 Å². The Hall–Kier alpha value is -5.73. The molecular weight excluding hydrogens is 823 g/mol. The molecule has 0 fully saturated rings. The molecule has 0 saturated heterocycles. The minimum Gasteiger partial charge on any atom is -0.261 e. The topological polar surface area (TPSA) is 193 Å². The molecule has 396 valence electrons. The third-order valence-corrected chi connectivity index (χ3v) is 3.95. The maximum atomic E-state index is 3.92. The lowest BCUT2D eigenvalue weighted by Crippen LogP contribution is -1.84. The van der Waals surface area contributed by atoms with E-state index in [1.54, 1.807) is 49.6 Å². The lowest BCUT2D eigenvalue weighted by atomic mass is 10.4.